The van der Waals surface area contributed by atoms with Gasteiger partial charge in [-0.25, -0.2) is 0 Å². The Bertz CT molecular complexity index is 195. The van der Waals surface area contributed by atoms with E-state index in [1.54, 1.807) is 0 Å². The van der Waals surface area contributed by atoms with Crippen LogP contribution in [-0.4, -0.2) is 43.8 Å². The molecule has 0 heterocycles. The van der Waals surface area contributed by atoms with Gasteiger partial charge >= 0.3 is 6.18 Å². The van der Waals surface area contributed by atoms with Crippen molar-refractivity contribution in [3.63, 3.8) is 0 Å². The molecule has 1 aliphatic rings. The normalized spacial score (nSPS) is 21.2. The van der Waals surface area contributed by atoms with Gasteiger partial charge in [0, 0.05) is 12.1 Å². The SMILES string of the molecule is CN(C)C1(CNCC(F)(F)F)CCCC1. The number of nitrogens with zero attached hydrogens (tertiary/aromatic N) is 1. The average molecular weight is 224 g/mol. The molecule has 0 unspecified atom stereocenters. The molecule has 5 heteroatoms. The van der Waals surface area contributed by atoms with E-state index in [2.05, 4.69) is 10.2 Å². The van der Waals surface area contributed by atoms with Crippen molar-refractivity contribution in [2.24, 2.45) is 0 Å². The highest BCUT2D eigenvalue weighted by atomic mass is 19.4. The Morgan fingerprint density at radius 3 is 2.13 bits per heavy atom. The van der Waals surface area contributed by atoms with Crippen LogP contribution in [-0.2, 0) is 0 Å². The van der Waals surface area contributed by atoms with Crippen molar-refractivity contribution in [1.29, 1.82) is 0 Å². The quantitative estimate of drug-likeness (QED) is 0.786. The Balaban J connectivity index is 2.40. The lowest BCUT2D eigenvalue weighted by atomic mass is 9.96. The predicted molar refractivity (Wildman–Crippen MR) is 53.8 cm³/mol. The van der Waals surface area contributed by atoms with Gasteiger partial charge in [-0.3, -0.25) is 0 Å². The minimum Gasteiger partial charge on any atom is -0.307 e. The van der Waals surface area contributed by atoms with Gasteiger partial charge in [-0.2, -0.15) is 13.2 Å². The van der Waals surface area contributed by atoms with Crippen molar-refractivity contribution < 1.29 is 13.2 Å². The standard InChI is InChI=1S/C10H19F3N2/c1-15(2)9(5-3-4-6-9)7-14-8-10(11,12)13/h14H,3-8H2,1-2H3. The topological polar surface area (TPSA) is 15.3 Å². The molecule has 1 N–H and O–H groups in total. The van der Waals surface area contributed by atoms with Gasteiger partial charge in [0.1, 0.15) is 0 Å². The fourth-order valence-electron chi connectivity index (χ4n) is 2.25. The molecule has 0 saturated heterocycles. The largest absolute Gasteiger partial charge is 0.401 e. The van der Waals surface area contributed by atoms with Gasteiger partial charge < -0.3 is 10.2 Å². The fourth-order valence-corrected chi connectivity index (χ4v) is 2.25. The molecule has 0 aromatic rings. The number of nitrogens with one attached hydrogen (secondary N) is 1. The van der Waals surface area contributed by atoms with E-state index in [4.69, 9.17) is 0 Å². The molecule has 0 radical (unpaired) electrons. The first-order valence-corrected chi connectivity index (χ1v) is 5.31. The summed E-state index contributed by atoms with van der Waals surface area (Å²) in [6.45, 7) is -0.456. The molecule has 15 heavy (non-hydrogen) atoms. The number of halogens is 3. The Morgan fingerprint density at radius 2 is 1.73 bits per heavy atom. The van der Waals surface area contributed by atoms with Crippen LogP contribution in [0.15, 0.2) is 0 Å². The van der Waals surface area contributed by atoms with Crippen molar-refractivity contribution >= 4 is 0 Å². The Kier molecular flexibility index (Phi) is 4.00. The molecule has 0 bridgehead atoms. The summed E-state index contributed by atoms with van der Waals surface area (Å²) in [6.07, 6.45) is 0.111. The summed E-state index contributed by atoms with van der Waals surface area (Å²) in [5, 5.41) is 2.52. The first-order chi connectivity index (χ1) is 6.86. The average Bonchev–Trinajstić information content (AvgIpc) is 2.51. The zero-order valence-electron chi connectivity index (χ0n) is 9.32. The van der Waals surface area contributed by atoms with Crippen LogP contribution in [0.5, 0.6) is 0 Å². The van der Waals surface area contributed by atoms with Crippen LogP contribution in [0, 0.1) is 0 Å². The minimum atomic E-state index is -4.11. The van der Waals surface area contributed by atoms with Gasteiger partial charge in [-0.05, 0) is 26.9 Å². The highest BCUT2D eigenvalue weighted by molar-refractivity contribution is 4.94. The van der Waals surface area contributed by atoms with Gasteiger partial charge in [0.25, 0.3) is 0 Å². The zero-order valence-corrected chi connectivity index (χ0v) is 9.32. The molecular formula is C10H19F3N2. The van der Waals surface area contributed by atoms with Crippen molar-refractivity contribution in [1.82, 2.24) is 10.2 Å². The van der Waals surface area contributed by atoms with E-state index >= 15 is 0 Å². The summed E-state index contributed by atoms with van der Waals surface area (Å²) in [7, 11) is 3.89. The Labute approximate surface area is 88.8 Å². The van der Waals surface area contributed by atoms with E-state index in [1.807, 2.05) is 14.1 Å². The highest BCUT2D eigenvalue weighted by Gasteiger charge is 2.36. The summed E-state index contributed by atoms with van der Waals surface area (Å²) in [5.74, 6) is 0. The number of alkyl halides is 3. The van der Waals surface area contributed by atoms with Crippen LogP contribution < -0.4 is 5.32 Å². The second-order valence-electron chi connectivity index (χ2n) is 4.54. The molecule has 0 spiro atoms. The zero-order chi connectivity index (χ0) is 11.5. The molecule has 1 aliphatic carbocycles. The molecule has 0 aliphatic heterocycles. The Hall–Kier alpha value is -0.290. The van der Waals surface area contributed by atoms with E-state index in [9.17, 15) is 13.2 Å². The van der Waals surface area contributed by atoms with Crippen LogP contribution >= 0.6 is 0 Å². The van der Waals surface area contributed by atoms with Crippen LogP contribution in [0.25, 0.3) is 0 Å². The van der Waals surface area contributed by atoms with Crippen molar-refractivity contribution in [2.75, 3.05) is 27.2 Å². The molecular weight excluding hydrogens is 205 g/mol. The first-order valence-electron chi connectivity index (χ1n) is 5.31. The molecule has 0 atom stereocenters. The summed E-state index contributed by atoms with van der Waals surface area (Å²) in [4.78, 5) is 2.06. The predicted octanol–water partition coefficient (Wildman–Crippen LogP) is 2.01. The van der Waals surface area contributed by atoms with E-state index in [-0.39, 0.29) is 5.54 Å². The van der Waals surface area contributed by atoms with Gasteiger partial charge in [0.2, 0.25) is 0 Å². The molecule has 90 valence electrons. The molecule has 1 rings (SSSR count). The van der Waals surface area contributed by atoms with Crippen LogP contribution in [0.4, 0.5) is 13.2 Å². The molecule has 1 fully saturated rings. The van der Waals surface area contributed by atoms with E-state index < -0.39 is 12.7 Å². The van der Waals surface area contributed by atoms with Crippen LogP contribution in [0.3, 0.4) is 0 Å². The third-order valence-electron chi connectivity index (χ3n) is 3.26. The van der Waals surface area contributed by atoms with Crippen molar-refractivity contribution in [3.05, 3.63) is 0 Å². The highest BCUT2D eigenvalue weighted by Crippen LogP contribution is 2.33. The number of likely N-dealkylation sites (N-methyl/N-ethyl adjacent to an activating group) is 1. The maximum atomic E-state index is 12.0. The van der Waals surface area contributed by atoms with Gasteiger partial charge in [-0.1, -0.05) is 12.8 Å². The fraction of sp³-hybridized carbons (Fsp3) is 1.00. The first kappa shape index (κ1) is 12.8. The molecule has 1 saturated carbocycles. The second kappa shape index (κ2) is 4.70. The molecule has 0 aromatic carbocycles. The smallest absolute Gasteiger partial charge is 0.307 e. The number of hydrogen-bond donors (Lipinski definition) is 1. The maximum absolute atomic E-state index is 12.0. The maximum Gasteiger partial charge on any atom is 0.401 e. The van der Waals surface area contributed by atoms with Crippen LogP contribution in [0.2, 0.25) is 0 Å². The summed E-state index contributed by atoms with van der Waals surface area (Å²) >= 11 is 0. The summed E-state index contributed by atoms with van der Waals surface area (Å²) < 4.78 is 35.9. The van der Waals surface area contributed by atoms with E-state index in [0.29, 0.717) is 6.54 Å². The number of hydrogen-bond acceptors (Lipinski definition) is 2. The minimum absolute atomic E-state index is 0.0642. The van der Waals surface area contributed by atoms with Crippen molar-refractivity contribution in [3.8, 4) is 0 Å². The lowest BCUT2D eigenvalue weighted by Gasteiger charge is -2.36. The Morgan fingerprint density at radius 1 is 1.20 bits per heavy atom. The van der Waals surface area contributed by atoms with Crippen molar-refractivity contribution in [2.45, 2.75) is 37.4 Å². The van der Waals surface area contributed by atoms with Gasteiger partial charge in [0.05, 0.1) is 6.54 Å². The monoisotopic (exact) mass is 224 g/mol. The lowest BCUT2D eigenvalue weighted by Crippen LogP contribution is -2.51. The van der Waals surface area contributed by atoms with E-state index in [0.717, 1.165) is 25.7 Å². The van der Waals surface area contributed by atoms with E-state index in [1.165, 1.54) is 0 Å². The lowest BCUT2D eigenvalue weighted by molar-refractivity contribution is -0.125. The molecule has 2 nitrogen and oxygen atoms in total. The molecule has 0 aromatic heterocycles. The van der Waals surface area contributed by atoms with Gasteiger partial charge in [-0.15, -0.1) is 0 Å². The van der Waals surface area contributed by atoms with Gasteiger partial charge in [0.15, 0.2) is 0 Å². The number of rotatable bonds is 4. The van der Waals surface area contributed by atoms with Crippen LogP contribution in [0.1, 0.15) is 25.7 Å². The summed E-state index contributed by atoms with van der Waals surface area (Å²) in [5.41, 5.74) is -0.0642. The second-order valence-corrected chi connectivity index (χ2v) is 4.54. The molecule has 0 amide bonds. The summed E-state index contributed by atoms with van der Waals surface area (Å²) in [6, 6.07) is 0. The third kappa shape index (κ3) is 3.65. The third-order valence-corrected chi connectivity index (χ3v) is 3.26.